The molecular formula is C13H26N2O2. The molecule has 0 spiro atoms. The largest absolute Gasteiger partial charge is 0.366 e. The maximum absolute atomic E-state index is 12.3. The zero-order chi connectivity index (χ0) is 13.1. The molecule has 1 aliphatic rings. The van der Waals surface area contributed by atoms with Gasteiger partial charge in [0.2, 0.25) is 0 Å². The van der Waals surface area contributed by atoms with E-state index in [-0.39, 0.29) is 5.91 Å². The Hall–Kier alpha value is -0.610. The number of nitrogens with zero attached hydrogens (tertiary/aromatic N) is 2. The van der Waals surface area contributed by atoms with Gasteiger partial charge in [-0.15, -0.1) is 0 Å². The van der Waals surface area contributed by atoms with E-state index in [1.807, 2.05) is 25.7 Å². The minimum absolute atomic E-state index is 0.114. The van der Waals surface area contributed by atoms with Gasteiger partial charge in [-0.25, -0.2) is 0 Å². The second-order valence-corrected chi connectivity index (χ2v) is 5.37. The van der Waals surface area contributed by atoms with Crippen LogP contribution in [0.15, 0.2) is 0 Å². The molecule has 0 radical (unpaired) electrons. The van der Waals surface area contributed by atoms with Crippen LogP contribution < -0.4 is 0 Å². The molecule has 0 aromatic heterocycles. The summed E-state index contributed by atoms with van der Waals surface area (Å²) >= 11 is 0. The fourth-order valence-electron chi connectivity index (χ4n) is 2.24. The van der Waals surface area contributed by atoms with Crippen LogP contribution in [0.4, 0.5) is 0 Å². The molecule has 4 heteroatoms. The lowest BCUT2D eigenvalue weighted by Crippen LogP contribution is -2.55. The van der Waals surface area contributed by atoms with Crippen LogP contribution in [-0.4, -0.2) is 60.1 Å². The van der Waals surface area contributed by atoms with Crippen molar-refractivity contribution < 1.29 is 9.53 Å². The zero-order valence-corrected chi connectivity index (χ0v) is 11.8. The molecule has 1 saturated heterocycles. The van der Waals surface area contributed by atoms with Crippen molar-refractivity contribution in [3.63, 3.8) is 0 Å². The maximum atomic E-state index is 12.3. The first kappa shape index (κ1) is 14.5. The lowest BCUT2D eigenvalue weighted by molar-refractivity contribution is -0.155. The monoisotopic (exact) mass is 242 g/mol. The van der Waals surface area contributed by atoms with Gasteiger partial charge in [0, 0.05) is 38.8 Å². The molecule has 100 valence electrons. The number of amides is 1. The third-order valence-corrected chi connectivity index (χ3v) is 3.35. The predicted octanol–water partition coefficient (Wildman–Crippen LogP) is 1.35. The summed E-state index contributed by atoms with van der Waals surface area (Å²) in [5, 5.41) is 0. The van der Waals surface area contributed by atoms with E-state index in [0.29, 0.717) is 12.6 Å². The highest BCUT2D eigenvalue weighted by molar-refractivity contribution is 5.84. The van der Waals surface area contributed by atoms with E-state index in [1.54, 1.807) is 0 Å². The van der Waals surface area contributed by atoms with Crippen LogP contribution in [0, 0.1) is 0 Å². The van der Waals surface area contributed by atoms with Crippen LogP contribution in [0.5, 0.6) is 0 Å². The number of carbonyl (C=O) groups excluding carboxylic acids is 1. The molecular weight excluding hydrogens is 216 g/mol. The smallest absolute Gasteiger partial charge is 0.254 e. The summed E-state index contributed by atoms with van der Waals surface area (Å²) in [5.74, 6) is 0.114. The van der Waals surface area contributed by atoms with Gasteiger partial charge in [0.1, 0.15) is 5.60 Å². The van der Waals surface area contributed by atoms with Gasteiger partial charge >= 0.3 is 0 Å². The Morgan fingerprint density at radius 2 is 1.76 bits per heavy atom. The van der Waals surface area contributed by atoms with E-state index in [9.17, 15) is 4.79 Å². The third-order valence-electron chi connectivity index (χ3n) is 3.35. The summed E-state index contributed by atoms with van der Waals surface area (Å²) in [7, 11) is 0. The standard InChI is InChI=1S/C13H26N2O2/c1-6-17-13(4,5)12(16)15-9-7-14(8-10-15)11(2)3/h11H,6-10H2,1-5H3. The molecule has 17 heavy (non-hydrogen) atoms. The number of hydrogen-bond donors (Lipinski definition) is 0. The second kappa shape index (κ2) is 5.83. The summed E-state index contributed by atoms with van der Waals surface area (Å²) in [5.41, 5.74) is -0.686. The lowest BCUT2D eigenvalue weighted by atomic mass is 10.1. The molecule has 1 fully saturated rings. The van der Waals surface area contributed by atoms with Gasteiger partial charge in [-0.05, 0) is 34.6 Å². The van der Waals surface area contributed by atoms with Crippen molar-refractivity contribution in [3.8, 4) is 0 Å². The second-order valence-electron chi connectivity index (χ2n) is 5.37. The van der Waals surface area contributed by atoms with Gasteiger partial charge in [0.05, 0.1) is 0 Å². The Bertz CT molecular complexity index is 256. The highest BCUT2D eigenvalue weighted by atomic mass is 16.5. The van der Waals surface area contributed by atoms with Crippen molar-refractivity contribution in [2.24, 2.45) is 0 Å². The fraction of sp³-hybridized carbons (Fsp3) is 0.923. The highest BCUT2D eigenvalue weighted by Gasteiger charge is 2.34. The van der Waals surface area contributed by atoms with Gasteiger partial charge < -0.3 is 9.64 Å². The van der Waals surface area contributed by atoms with E-state index in [0.717, 1.165) is 26.2 Å². The number of ether oxygens (including phenoxy) is 1. The number of carbonyl (C=O) groups is 1. The van der Waals surface area contributed by atoms with E-state index < -0.39 is 5.60 Å². The molecule has 0 saturated carbocycles. The van der Waals surface area contributed by atoms with Crippen molar-refractivity contribution in [2.75, 3.05) is 32.8 Å². The third kappa shape index (κ3) is 3.68. The Labute approximate surface area is 105 Å². The maximum Gasteiger partial charge on any atom is 0.254 e. The first-order chi connectivity index (χ1) is 7.88. The van der Waals surface area contributed by atoms with Gasteiger partial charge in [-0.3, -0.25) is 9.69 Å². The molecule has 1 rings (SSSR count). The first-order valence-electron chi connectivity index (χ1n) is 6.56. The van der Waals surface area contributed by atoms with Crippen LogP contribution in [0.3, 0.4) is 0 Å². The number of piperazine rings is 1. The van der Waals surface area contributed by atoms with Crippen LogP contribution in [-0.2, 0) is 9.53 Å². The highest BCUT2D eigenvalue weighted by Crippen LogP contribution is 2.16. The van der Waals surface area contributed by atoms with Crippen molar-refractivity contribution in [2.45, 2.75) is 46.3 Å². The average molecular weight is 242 g/mol. The summed E-state index contributed by atoms with van der Waals surface area (Å²) < 4.78 is 5.51. The summed E-state index contributed by atoms with van der Waals surface area (Å²) in [6.45, 7) is 14.2. The van der Waals surface area contributed by atoms with Crippen LogP contribution in [0.1, 0.15) is 34.6 Å². The molecule has 0 aliphatic carbocycles. The molecule has 0 bridgehead atoms. The van der Waals surface area contributed by atoms with Crippen molar-refractivity contribution >= 4 is 5.91 Å². The molecule has 4 nitrogen and oxygen atoms in total. The predicted molar refractivity (Wildman–Crippen MR) is 69.0 cm³/mol. The van der Waals surface area contributed by atoms with Crippen molar-refractivity contribution in [3.05, 3.63) is 0 Å². The van der Waals surface area contributed by atoms with Gasteiger partial charge in [0.15, 0.2) is 0 Å². The first-order valence-corrected chi connectivity index (χ1v) is 6.56. The zero-order valence-electron chi connectivity index (χ0n) is 11.8. The Morgan fingerprint density at radius 3 is 2.18 bits per heavy atom. The Kier molecular flexibility index (Phi) is 4.95. The molecule has 0 unspecified atom stereocenters. The molecule has 1 heterocycles. The fourth-order valence-corrected chi connectivity index (χ4v) is 2.24. The number of hydrogen-bond acceptors (Lipinski definition) is 3. The van der Waals surface area contributed by atoms with Crippen LogP contribution >= 0.6 is 0 Å². The average Bonchev–Trinajstić information content (AvgIpc) is 2.28. The Morgan fingerprint density at radius 1 is 1.24 bits per heavy atom. The molecule has 0 aromatic carbocycles. The molecule has 1 aliphatic heterocycles. The van der Waals surface area contributed by atoms with Crippen LogP contribution in [0.25, 0.3) is 0 Å². The quantitative estimate of drug-likeness (QED) is 0.746. The summed E-state index contributed by atoms with van der Waals surface area (Å²) in [4.78, 5) is 16.6. The minimum Gasteiger partial charge on any atom is -0.366 e. The topological polar surface area (TPSA) is 32.8 Å². The van der Waals surface area contributed by atoms with Gasteiger partial charge in [-0.1, -0.05) is 0 Å². The normalized spacial score (nSPS) is 18.8. The summed E-state index contributed by atoms with van der Waals surface area (Å²) in [6, 6.07) is 0.562. The molecule has 0 aromatic rings. The van der Waals surface area contributed by atoms with E-state index in [1.165, 1.54) is 0 Å². The van der Waals surface area contributed by atoms with Crippen LogP contribution in [0.2, 0.25) is 0 Å². The lowest BCUT2D eigenvalue weighted by Gasteiger charge is -2.39. The van der Waals surface area contributed by atoms with Gasteiger partial charge in [-0.2, -0.15) is 0 Å². The van der Waals surface area contributed by atoms with E-state index >= 15 is 0 Å². The van der Waals surface area contributed by atoms with Crippen molar-refractivity contribution in [1.82, 2.24) is 9.80 Å². The van der Waals surface area contributed by atoms with E-state index in [2.05, 4.69) is 18.7 Å². The summed E-state index contributed by atoms with van der Waals surface area (Å²) in [6.07, 6.45) is 0. The van der Waals surface area contributed by atoms with E-state index in [4.69, 9.17) is 4.74 Å². The molecule has 1 amide bonds. The number of rotatable bonds is 4. The van der Waals surface area contributed by atoms with Gasteiger partial charge in [0.25, 0.3) is 5.91 Å². The molecule has 0 N–H and O–H groups in total. The molecule has 0 atom stereocenters. The minimum atomic E-state index is -0.686. The Balaban J connectivity index is 2.51. The SMILES string of the molecule is CCOC(C)(C)C(=O)N1CCN(C(C)C)CC1. The van der Waals surface area contributed by atoms with Crippen molar-refractivity contribution in [1.29, 1.82) is 0 Å².